The minimum Gasteiger partial charge on any atom is -0.294 e. The molecule has 1 fully saturated rings. The van der Waals surface area contributed by atoms with Crippen LogP contribution in [0.5, 0.6) is 0 Å². The average molecular weight is 410 g/mol. The van der Waals surface area contributed by atoms with Gasteiger partial charge in [0.15, 0.2) is 0 Å². The molecule has 8 heteroatoms. The number of hydrogen-bond acceptors (Lipinski definition) is 3. The number of fused-ring (bicyclic) bond motifs is 1. The third-order valence-electron chi connectivity index (χ3n) is 5.62. The van der Waals surface area contributed by atoms with E-state index in [2.05, 4.69) is 17.0 Å². The molecule has 0 N–H and O–H groups in total. The maximum atomic E-state index is 12.8. The SMILES string of the molecule is O=S(=O)(c1ccc(C(F)(F)F)cc1)N1CCC(N2CCc3ccccc3C2)C1. The van der Waals surface area contributed by atoms with Crippen LogP contribution in [0, 0.1) is 0 Å². The number of rotatable bonds is 3. The predicted octanol–water partition coefficient (Wildman–Crippen LogP) is 3.53. The van der Waals surface area contributed by atoms with E-state index in [0.717, 1.165) is 50.2 Å². The van der Waals surface area contributed by atoms with Crippen LogP contribution in [0.2, 0.25) is 0 Å². The lowest BCUT2D eigenvalue weighted by Gasteiger charge is -2.33. The molecule has 2 aliphatic heterocycles. The summed E-state index contributed by atoms with van der Waals surface area (Å²) in [6, 6.07) is 12.1. The number of benzene rings is 2. The van der Waals surface area contributed by atoms with Crippen LogP contribution in [0.1, 0.15) is 23.1 Å². The third kappa shape index (κ3) is 3.68. The zero-order valence-corrected chi connectivity index (χ0v) is 16.0. The summed E-state index contributed by atoms with van der Waals surface area (Å²) in [5, 5.41) is 0. The summed E-state index contributed by atoms with van der Waals surface area (Å²) >= 11 is 0. The van der Waals surface area contributed by atoms with Crippen molar-refractivity contribution in [3.05, 3.63) is 65.2 Å². The van der Waals surface area contributed by atoms with Crippen molar-refractivity contribution in [1.29, 1.82) is 0 Å². The number of sulfonamides is 1. The molecule has 0 radical (unpaired) electrons. The predicted molar refractivity (Wildman–Crippen MR) is 99.2 cm³/mol. The molecule has 0 bridgehead atoms. The average Bonchev–Trinajstić information content (AvgIpc) is 3.18. The van der Waals surface area contributed by atoms with Crippen molar-refractivity contribution in [2.24, 2.45) is 0 Å². The van der Waals surface area contributed by atoms with Gasteiger partial charge in [0.2, 0.25) is 10.0 Å². The fraction of sp³-hybridized carbons (Fsp3) is 0.400. The smallest absolute Gasteiger partial charge is 0.294 e. The Morgan fingerprint density at radius 3 is 2.29 bits per heavy atom. The zero-order chi connectivity index (χ0) is 19.9. The van der Waals surface area contributed by atoms with E-state index in [4.69, 9.17) is 0 Å². The Labute approximate surface area is 162 Å². The lowest BCUT2D eigenvalue weighted by molar-refractivity contribution is -0.137. The summed E-state index contributed by atoms with van der Waals surface area (Å²) in [6.45, 7) is 2.43. The molecule has 1 unspecified atom stereocenters. The van der Waals surface area contributed by atoms with Crippen molar-refractivity contribution in [3.63, 3.8) is 0 Å². The first kappa shape index (κ1) is 19.4. The molecule has 0 amide bonds. The fourth-order valence-corrected chi connectivity index (χ4v) is 5.51. The van der Waals surface area contributed by atoms with Crippen LogP contribution in [-0.4, -0.2) is 43.3 Å². The second kappa shape index (κ2) is 7.17. The minimum atomic E-state index is -4.48. The molecule has 4 rings (SSSR count). The van der Waals surface area contributed by atoms with Gasteiger partial charge in [0.05, 0.1) is 10.5 Å². The summed E-state index contributed by atoms with van der Waals surface area (Å²) in [5.41, 5.74) is 1.77. The van der Waals surface area contributed by atoms with Gasteiger partial charge in [-0.1, -0.05) is 24.3 Å². The molecular weight excluding hydrogens is 389 g/mol. The first-order valence-electron chi connectivity index (χ1n) is 9.23. The van der Waals surface area contributed by atoms with Crippen molar-refractivity contribution >= 4 is 10.0 Å². The highest BCUT2D eigenvalue weighted by Gasteiger charge is 2.37. The van der Waals surface area contributed by atoms with Crippen molar-refractivity contribution in [2.45, 2.75) is 36.5 Å². The lowest BCUT2D eigenvalue weighted by Crippen LogP contribution is -2.41. The number of alkyl halides is 3. The van der Waals surface area contributed by atoms with Crippen molar-refractivity contribution < 1.29 is 21.6 Å². The van der Waals surface area contributed by atoms with Gasteiger partial charge in [0.1, 0.15) is 0 Å². The summed E-state index contributed by atoms with van der Waals surface area (Å²) in [7, 11) is -3.79. The quantitative estimate of drug-likeness (QED) is 0.777. The van der Waals surface area contributed by atoms with E-state index in [1.54, 1.807) is 0 Å². The molecule has 0 saturated carbocycles. The van der Waals surface area contributed by atoms with Crippen LogP contribution in [0.3, 0.4) is 0 Å². The monoisotopic (exact) mass is 410 g/mol. The second-order valence-corrected chi connectivity index (χ2v) is 9.25. The van der Waals surface area contributed by atoms with Crippen LogP contribution >= 0.6 is 0 Å². The molecule has 0 aromatic heterocycles. The second-order valence-electron chi connectivity index (χ2n) is 7.32. The molecule has 2 heterocycles. The van der Waals surface area contributed by atoms with Crippen molar-refractivity contribution in [1.82, 2.24) is 9.21 Å². The molecule has 1 atom stereocenters. The molecule has 2 aromatic carbocycles. The van der Waals surface area contributed by atoms with E-state index in [-0.39, 0.29) is 10.9 Å². The first-order valence-corrected chi connectivity index (χ1v) is 10.7. The van der Waals surface area contributed by atoms with Gasteiger partial charge in [-0.25, -0.2) is 8.42 Å². The van der Waals surface area contributed by atoms with Crippen LogP contribution < -0.4 is 0 Å². The molecule has 28 heavy (non-hydrogen) atoms. The number of halogens is 3. The van der Waals surface area contributed by atoms with Gasteiger partial charge < -0.3 is 0 Å². The number of hydrogen-bond donors (Lipinski definition) is 0. The Balaban J connectivity index is 1.46. The van der Waals surface area contributed by atoms with Gasteiger partial charge >= 0.3 is 6.18 Å². The van der Waals surface area contributed by atoms with Crippen molar-refractivity contribution in [3.8, 4) is 0 Å². The molecule has 150 valence electrons. The Bertz CT molecular complexity index is 958. The maximum Gasteiger partial charge on any atom is 0.416 e. The van der Waals surface area contributed by atoms with Gasteiger partial charge in [0.25, 0.3) is 0 Å². The number of nitrogens with zero attached hydrogens (tertiary/aromatic N) is 2. The lowest BCUT2D eigenvalue weighted by atomic mass is 9.98. The largest absolute Gasteiger partial charge is 0.416 e. The molecule has 0 aliphatic carbocycles. The van der Waals surface area contributed by atoms with E-state index >= 15 is 0 Å². The zero-order valence-electron chi connectivity index (χ0n) is 15.2. The van der Waals surface area contributed by atoms with E-state index < -0.39 is 21.8 Å². The van der Waals surface area contributed by atoms with E-state index in [0.29, 0.717) is 13.1 Å². The van der Waals surface area contributed by atoms with Crippen LogP contribution in [0.25, 0.3) is 0 Å². The Hall–Kier alpha value is -1.90. The topological polar surface area (TPSA) is 40.6 Å². The Kier molecular flexibility index (Phi) is 4.97. The van der Waals surface area contributed by atoms with E-state index in [1.165, 1.54) is 15.4 Å². The third-order valence-corrected chi connectivity index (χ3v) is 7.50. The summed E-state index contributed by atoms with van der Waals surface area (Å²) < 4.78 is 65.2. The first-order chi connectivity index (χ1) is 13.2. The highest BCUT2D eigenvalue weighted by atomic mass is 32.2. The maximum absolute atomic E-state index is 12.8. The Morgan fingerprint density at radius 1 is 0.929 bits per heavy atom. The molecule has 0 spiro atoms. The molecular formula is C20H21F3N2O2S. The minimum absolute atomic E-state index is 0.0925. The van der Waals surface area contributed by atoms with Gasteiger partial charge in [0, 0.05) is 32.2 Å². The summed E-state index contributed by atoms with van der Waals surface area (Å²) in [4.78, 5) is 2.22. The highest BCUT2D eigenvalue weighted by Crippen LogP contribution is 2.31. The fourth-order valence-electron chi connectivity index (χ4n) is 4.02. The summed E-state index contributed by atoms with van der Waals surface area (Å²) in [6.07, 6.45) is -2.81. The standard InChI is InChI=1S/C20H21F3N2O2S/c21-20(22,23)17-5-7-19(8-6-17)28(26,27)25-12-10-18(14-25)24-11-9-15-3-1-2-4-16(15)13-24/h1-8,18H,9-14H2. The van der Waals surface area contributed by atoms with E-state index in [9.17, 15) is 21.6 Å². The molecule has 4 nitrogen and oxygen atoms in total. The molecule has 2 aliphatic rings. The molecule has 1 saturated heterocycles. The van der Waals surface area contributed by atoms with Crippen LogP contribution in [0.15, 0.2) is 53.4 Å². The van der Waals surface area contributed by atoms with Gasteiger partial charge in [-0.2, -0.15) is 17.5 Å². The Morgan fingerprint density at radius 2 is 1.61 bits per heavy atom. The summed E-state index contributed by atoms with van der Waals surface area (Å²) in [5.74, 6) is 0. The van der Waals surface area contributed by atoms with Crippen LogP contribution in [-0.2, 0) is 29.2 Å². The van der Waals surface area contributed by atoms with Crippen LogP contribution in [0.4, 0.5) is 13.2 Å². The molecule has 2 aromatic rings. The normalized spacial score (nSPS) is 21.6. The van der Waals surface area contributed by atoms with Gasteiger partial charge in [-0.15, -0.1) is 0 Å². The highest BCUT2D eigenvalue weighted by molar-refractivity contribution is 7.89. The van der Waals surface area contributed by atoms with E-state index in [1.807, 2.05) is 12.1 Å². The van der Waals surface area contributed by atoms with Gasteiger partial charge in [-0.3, -0.25) is 4.90 Å². The van der Waals surface area contributed by atoms with Crippen molar-refractivity contribution in [2.75, 3.05) is 19.6 Å². The van der Waals surface area contributed by atoms with Gasteiger partial charge in [-0.05, 0) is 48.2 Å².